The van der Waals surface area contributed by atoms with E-state index >= 15 is 0 Å². The van der Waals surface area contributed by atoms with Crippen LogP contribution in [0.3, 0.4) is 0 Å². The van der Waals surface area contributed by atoms with Crippen LogP contribution in [0.15, 0.2) is 27.8 Å². The van der Waals surface area contributed by atoms with Crippen molar-refractivity contribution >= 4 is 35.0 Å². The van der Waals surface area contributed by atoms with Crippen molar-refractivity contribution in [3.8, 4) is 0 Å². The lowest BCUT2D eigenvalue weighted by molar-refractivity contribution is -0.678. The summed E-state index contributed by atoms with van der Waals surface area (Å²) in [4.78, 5) is 0. The summed E-state index contributed by atoms with van der Waals surface area (Å²) in [6.07, 6.45) is 2.31. The predicted octanol–water partition coefficient (Wildman–Crippen LogP) is 3.07. The number of quaternary nitrogens is 1. The van der Waals surface area contributed by atoms with Gasteiger partial charge in [-0.3, -0.25) is 0 Å². The minimum Gasteiger partial charge on any atom is -0.410 e. The fourth-order valence-electron chi connectivity index (χ4n) is 2.21. The van der Waals surface area contributed by atoms with Crippen molar-refractivity contribution in [1.29, 1.82) is 0 Å². The van der Waals surface area contributed by atoms with Gasteiger partial charge in [-0.25, -0.2) is 0 Å². The third kappa shape index (κ3) is 3.28. The van der Waals surface area contributed by atoms with E-state index in [1.165, 1.54) is 18.2 Å². The molecule has 1 aromatic carbocycles. The maximum Gasteiger partial charge on any atom is 0.277 e. The highest BCUT2D eigenvalue weighted by atomic mass is 35.5. The van der Waals surface area contributed by atoms with E-state index in [1.807, 2.05) is 12.1 Å². The van der Waals surface area contributed by atoms with E-state index in [4.69, 9.17) is 27.6 Å². The molecule has 20 heavy (non-hydrogen) atoms. The van der Waals surface area contributed by atoms with Gasteiger partial charge in [0.2, 0.25) is 0 Å². The van der Waals surface area contributed by atoms with Crippen LogP contribution in [0.25, 0.3) is 0 Å². The van der Waals surface area contributed by atoms with E-state index in [0.29, 0.717) is 27.1 Å². The second-order valence-corrected chi connectivity index (χ2v) is 6.47. The Kier molecular flexibility index (Phi) is 4.51. The average molecular weight is 331 g/mol. The summed E-state index contributed by atoms with van der Waals surface area (Å²) in [7, 11) is 0. The number of thioether (sulfide) groups is 1. The molecule has 1 aromatic heterocycles. The van der Waals surface area contributed by atoms with Gasteiger partial charge in [-0.2, -0.15) is 0 Å². The van der Waals surface area contributed by atoms with E-state index in [1.54, 1.807) is 6.07 Å². The third-order valence-electron chi connectivity index (χ3n) is 3.28. The molecule has 0 amide bonds. The van der Waals surface area contributed by atoms with Gasteiger partial charge in [0.15, 0.2) is 6.04 Å². The first-order valence-corrected chi connectivity index (χ1v) is 8.20. The Morgan fingerprint density at radius 3 is 3.00 bits per heavy atom. The average Bonchev–Trinajstić information content (AvgIpc) is 3.08. The van der Waals surface area contributed by atoms with Crippen molar-refractivity contribution in [3.63, 3.8) is 0 Å². The van der Waals surface area contributed by atoms with Crippen molar-refractivity contribution < 1.29 is 9.73 Å². The summed E-state index contributed by atoms with van der Waals surface area (Å²) in [6, 6.07) is 5.82. The lowest BCUT2D eigenvalue weighted by Gasteiger charge is -2.02. The first-order valence-electron chi connectivity index (χ1n) is 6.46. The Morgan fingerprint density at radius 2 is 2.25 bits per heavy atom. The second kappa shape index (κ2) is 6.35. The highest BCUT2D eigenvalue weighted by Gasteiger charge is 2.26. The van der Waals surface area contributed by atoms with Crippen molar-refractivity contribution in [2.45, 2.75) is 29.9 Å². The quantitative estimate of drug-likeness (QED) is 0.875. The van der Waals surface area contributed by atoms with Crippen LogP contribution >= 0.6 is 35.0 Å². The number of nitrogens with zero attached hydrogens (tertiary/aromatic N) is 2. The normalized spacial score (nSPS) is 18.6. The van der Waals surface area contributed by atoms with E-state index in [2.05, 4.69) is 15.5 Å². The molecule has 2 aromatic rings. The van der Waals surface area contributed by atoms with Crippen molar-refractivity contribution in [2.24, 2.45) is 0 Å². The largest absolute Gasteiger partial charge is 0.410 e. The molecule has 0 aliphatic carbocycles. The van der Waals surface area contributed by atoms with Crippen LogP contribution in [0, 0.1) is 0 Å². The number of nitrogens with two attached hydrogens (primary N) is 1. The zero-order valence-corrected chi connectivity index (χ0v) is 13.0. The summed E-state index contributed by atoms with van der Waals surface area (Å²) in [6.45, 7) is 1.13. The summed E-state index contributed by atoms with van der Waals surface area (Å²) in [5, 5.41) is 12.3. The van der Waals surface area contributed by atoms with Crippen LogP contribution in [0.4, 0.5) is 0 Å². The predicted molar refractivity (Wildman–Crippen MR) is 79.1 cm³/mol. The highest BCUT2D eigenvalue weighted by molar-refractivity contribution is 7.98. The zero-order valence-electron chi connectivity index (χ0n) is 10.7. The standard InChI is InChI=1S/C13H13Cl2N3OS/c14-9-4-3-8(10(15)6-9)7-20-13-18-17-12(19-13)11-2-1-5-16-11/h3-4,6,11,16H,1-2,5,7H2/p+1/t11-/m0/s1. The van der Waals surface area contributed by atoms with Gasteiger partial charge in [-0.15, -0.1) is 10.2 Å². The molecule has 1 atom stereocenters. The van der Waals surface area contributed by atoms with Gasteiger partial charge in [-0.1, -0.05) is 41.0 Å². The van der Waals surface area contributed by atoms with Crippen LogP contribution in [-0.4, -0.2) is 16.7 Å². The summed E-state index contributed by atoms with van der Waals surface area (Å²) < 4.78 is 5.69. The topological polar surface area (TPSA) is 55.5 Å². The minimum atomic E-state index is 0.330. The van der Waals surface area contributed by atoms with Crippen LogP contribution in [-0.2, 0) is 5.75 Å². The minimum absolute atomic E-state index is 0.330. The van der Waals surface area contributed by atoms with Gasteiger partial charge in [-0.05, 0) is 17.7 Å². The second-order valence-electron chi connectivity index (χ2n) is 4.70. The summed E-state index contributed by atoms with van der Waals surface area (Å²) >= 11 is 13.5. The number of hydrogen-bond acceptors (Lipinski definition) is 4. The maximum absolute atomic E-state index is 6.14. The Hall–Kier alpha value is -0.750. The summed E-state index contributed by atoms with van der Waals surface area (Å²) in [5.74, 6) is 1.42. The van der Waals surface area contributed by atoms with Gasteiger partial charge in [0.05, 0.1) is 6.54 Å². The molecule has 2 N–H and O–H groups in total. The fraction of sp³-hybridized carbons (Fsp3) is 0.385. The Labute approximate surface area is 131 Å². The van der Waals surface area contributed by atoms with Gasteiger partial charge in [0.1, 0.15) is 0 Å². The SMILES string of the molecule is Clc1ccc(CSc2nnc([C@@H]3CCC[NH2+]3)o2)c(Cl)c1. The molecule has 0 unspecified atom stereocenters. The molecule has 3 rings (SSSR count). The van der Waals surface area contributed by atoms with Gasteiger partial charge in [0.25, 0.3) is 11.1 Å². The molecule has 0 bridgehead atoms. The third-order valence-corrected chi connectivity index (χ3v) is 4.73. The Bertz CT molecular complexity index is 599. The Balaban J connectivity index is 1.63. The fourth-order valence-corrected chi connectivity index (χ4v) is 3.53. The number of benzene rings is 1. The lowest BCUT2D eigenvalue weighted by Crippen LogP contribution is -2.81. The molecule has 4 nitrogen and oxygen atoms in total. The zero-order chi connectivity index (χ0) is 13.9. The molecule has 1 saturated heterocycles. The van der Waals surface area contributed by atoms with Crippen molar-refractivity contribution in [2.75, 3.05) is 6.54 Å². The van der Waals surface area contributed by atoms with Crippen LogP contribution in [0.1, 0.15) is 30.3 Å². The molecule has 1 aliphatic rings. The van der Waals surface area contributed by atoms with Crippen LogP contribution in [0.2, 0.25) is 10.0 Å². The van der Waals surface area contributed by atoms with Crippen LogP contribution < -0.4 is 5.32 Å². The molecular weight excluding hydrogens is 317 g/mol. The van der Waals surface area contributed by atoms with Crippen molar-refractivity contribution in [3.05, 3.63) is 39.7 Å². The molecule has 0 spiro atoms. The number of halogens is 2. The number of aromatic nitrogens is 2. The molecule has 2 heterocycles. The highest BCUT2D eigenvalue weighted by Crippen LogP contribution is 2.29. The molecule has 106 valence electrons. The van der Waals surface area contributed by atoms with Crippen molar-refractivity contribution in [1.82, 2.24) is 10.2 Å². The van der Waals surface area contributed by atoms with Gasteiger partial charge in [0, 0.05) is 28.6 Å². The Morgan fingerprint density at radius 1 is 1.35 bits per heavy atom. The van der Waals surface area contributed by atoms with Gasteiger partial charge >= 0.3 is 0 Å². The summed E-state index contributed by atoms with van der Waals surface area (Å²) in [5.41, 5.74) is 1.01. The number of rotatable bonds is 4. The molecule has 0 radical (unpaired) electrons. The first-order chi connectivity index (χ1) is 9.72. The van der Waals surface area contributed by atoms with Crippen LogP contribution in [0.5, 0.6) is 0 Å². The van der Waals surface area contributed by atoms with E-state index in [0.717, 1.165) is 24.4 Å². The smallest absolute Gasteiger partial charge is 0.277 e. The van der Waals surface area contributed by atoms with E-state index in [9.17, 15) is 0 Å². The first kappa shape index (κ1) is 14.2. The molecule has 1 fully saturated rings. The molecular formula is C13H14Cl2N3OS+. The molecule has 7 heteroatoms. The number of hydrogen-bond donors (Lipinski definition) is 1. The maximum atomic E-state index is 6.14. The lowest BCUT2D eigenvalue weighted by atomic mass is 10.2. The van der Waals surface area contributed by atoms with Gasteiger partial charge < -0.3 is 9.73 Å². The molecule has 0 saturated carbocycles. The molecule has 1 aliphatic heterocycles. The monoisotopic (exact) mass is 330 g/mol. The van der Waals surface area contributed by atoms with E-state index < -0.39 is 0 Å². The van der Waals surface area contributed by atoms with E-state index in [-0.39, 0.29) is 0 Å².